The first-order valence-corrected chi connectivity index (χ1v) is 8.24. The Kier molecular flexibility index (Phi) is 4.89. The molecule has 2 nitrogen and oxygen atoms in total. The summed E-state index contributed by atoms with van der Waals surface area (Å²) in [6.07, 6.45) is 5.60. The van der Waals surface area contributed by atoms with Crippen LogP contribution >= 0.6 is 23.2 Å². The summed E-state index contributed by atoms with van der Waals surface area (Å²) in [6, 6.07) is 15.1. The number of carbonyl (C=O) groups is 1. The second-order valence-corrected chi connectivity index (χ2v) is 6.19. The Morgan fingerprint density at radius 1 is 0.958 bits per heavy atom. The van der Waals surface area contributed by atoms with Crippen molar-refractivity contribution in [1.29, 1.82) is 0 Å². The van der Waals surface area contributed by atoms with E-state index in [0.717, 1.165) is 16.8 Å². The second-order valence-electron chi connectivity index (χ2n) is 5.37. The summed E-state index contributed by atoms with van der Waals surface area (Å²) >= 11 is 12.6. The summed E-state index contributed by atoms with van der Waals surface area (Å²) < 4.78 is 0. The predicted molar refractivity (Wildman–Crippen MR) is 101 cm³/mol. The number of benzene rings is 2. The van der Waals surface area contributed by atoms with E-state index >= 15 is 0 Å². The topological polar surface area (TPSA) is 29.1 Å². The van der Waals surface area contributed by atoms with E-state index in [9.17, 15) is 4.79 Å². The summed E-state index contributed by atoms with van der Waals surface area (Å²) in [5.41, 5.74) is 3.84. The van der Waals surface area contributed by atoms with Gasteiger partial charge in [-0.3, -0.25) is 4.79 Å². The van der Waals surface area contributed by atoms with E-state index in [1.54, 1.807) is 25.1 Å². The van der Waals surface area contributed by atoms with Gasteiger partial charge in [0.05, 0.1) is 21.4 Å². The average Bonchev–Trinajstić information content (AvgIpc) is 3.05. The van der Waals surface area contributed by atoms with Crippen molar-refractivity contribution in [3.8, 4) is 0 Å². The number of anilines is 1. The van der Waals surface area contributed by atoms with Gasteiger partial charge in [0.1, 0.15) is 0 Å². The SMILES string of the molecule is CC(=O)C1=CC=C/C1=C(/Nc1c(Cl)cccc1Cl)c1ccccc1. The second kappa shape index (κ2) is 7.08. The van der Waals surface area contributed by atoms with Crippen LogP contribution in [0.4, 0.5) is 5.69 Å². The van der Waals surface area contributed by atoms with Crippen LogP contribution in [0.2, 0.25) is 10.0 Å². The molecule has 0 aliphatic heterocycles. The Morgan fingerprint density at radius 3 is 2.25 bits per heavy atom. The van der Waals surface area contributed by atoms with Crippen LogP contribution in [-0.4, -0.2) is 5.78 Å². The molecule has 0 spiro atoms. The van der Waals surface area contributed by atoms with Crippen molar-refractivity contribution in [3.63, 3.8) is 0 Å². The van der Waals surface area contributed by atoms with Crippen molar-refractivity contribution in [2.75, 3.05) is 5.32 Å². The molecule has 0 radical (unpaired) electrons. The molecular weight excluding hydrogens is 341 g/mol. The Balaban J connectivity index is 2.16. The van der Waals surface area contributed by atoms with Crippen LogP contribution in [0.1, 0.15) is 12.5 Å². The summed E-state index contributed by atoms with van der Waals surface area (Å²) in [5.74, 6) is 0.00971. The third-order valence-corrected chi connectivity index (χ3v) is 4.37. The van der Waals surface area contributed by atoms with Gasteiger partial charge in [0.2, 0.25) is 0 Å². The molecule has 4 heteroatoms. The molecule has 0 saturated heterocycles. The zero-order valence-corrected chi connectivity index (χ0v) is 14.5. The molecule has 1 aliphatic carbocycles. The molecule has 1 N–H and O–H groups in total. The Hall–Kier alpha value is -2.29. The van der Waals surface area contributed by atoms with Gasteiger partial charge in [-0.15, -0.1) is 0 Å². The Labute approximate surface area is 151 Å². The van der Waals surface area contributed by atoms with Crippen molar-refractivity contribution in [2.45, 2.75) is 6.92 Å². The van der Waals surface area contributed by atoms with Gasteiger partial charge in [-0.1, -0.05) is 77.8 Å². The van der Waals surface area contributed by atoms with Crippen LogP contribution in [0.15, 0.2) is 77.9 Å². The first-order chi connectivity index (χ1) is 11.6. The summed E-state index contributed by atoms with van der Waals surface area (Å²) in [7, 11) is 0. The molecule has 120 valence electrons. The molecule has 2 aromatic rings. The van der Waals surface area contributed by atoms with Gasteiger partial charge in [-0.05, 0) is 24.6 Å². The van der Waals surface area contributed by atoms with Crippen LogP contribution in [0.3, 0.4) is 0 Å². The molecule has 0 atom stereocenters. The first kappa shape index (κ1) is 16.6. The van der Waals surface area contributed by atoms with Crippen LogP contribution in [0.25, 0.3) is 5.70 Å². The minimum atomic E-state index is 0.00971. The maximum absolute atomic E-state index is 12.0. The minimum absolute atomic E-state index is 0.00971. The number of halogens is 2. The Morgan fingerprint density at radius 2 is 1.62 bits per heavy atom. The molecule has 0 unspecified atom stereocenters. The molecule has 0 bridgehead atoms. The highest BCUT2D eigenvalue weighted by molar-refractivity contribution is 6.39. The number of hydrogen-bond acceptors (Lipinski definition) is 2. The lowest BCUT2D eigenvalue weighted by Crippen LogP contribution is -2.07. The van der Waals surface area contributed by atoms with Crippen LogP contribution in [0.5, 0.6) is 0 Å². The van der Waals surface area contributed by atoms with Gasteiger partial charge in [0, 0.05) is 11.1 Å². The molecule has 0 amide bonds. The van der Waals surface area contributed by atoms with Gasteiger partial charge >= 0.3 is 0 Å². The number of para-hydroxylation sites is 1. The number of Topliss-reactive ketones (excluding diaryl/α,β-unsaturated/α-hetero) is 1. The number of nitrogens with one attached hydrogen (secondary N) is 1. The fraction of sp³-hybridized carbons (Fsp3) is 0.0500. The molecule has 3 rings (SSSR count). The number of rotatable bonds is 4. The molecule has 2 aromatic carbocycles. The average molecular weight is 356 g/mol. The lowest BCUT2D eigenvalue weighted by Gasteiger charge is -2.17. The van der Waals surface area contributed by atoms with Crippen molar-refractivity contribution in [1.82, 2.24) is 0 Å². The van der Waals surface area contributed by atoms with Crippen LogP contribution < -0.4 is 5.32 Å². The highest BCUT2D eigenvalue weighted by atomic mass is 35.5. The fourth-order valence-electron chi connectivity index (χ4n) is 2.59. The van der Waals surface area contributed by atoms with Crippen molar-refractivity contribution in [2.24, 2.45) is 0 Å². The maximum Gasteiger partial charge on any atom is 0.160 e. The van der Waals surface area contributed by atoms with Crippen LogP contribution in [0, 0.1) is 0 Å². The summed E-state index contributed by atoms with van der Waals surface area (Å²) in [4.78, 5) is 12.0. The largest absolute Gasteiger partial charge is 0.352 e. The van der Waals surface area contributed by atoms with Gasteiger partial charge in [-0.25, -0.2) is 0 Å². The third-order valence-electron chi connectivity index (χ3n) is 3.74. The number of carbonyl (C=O) groups excluding carboxylic acids is 1. The number of hydrogen-bond donors (Lipinski definition) is 1. The van der Waals surface area contributed by atoms with Gasteiger partial charge in [0.15, 0.2) is 5.78 Å². The van der Waals surface area contributed by atoms with E-state index < -0.39 is 0 Å². The van der Waals surface area contributed by atoms with E-state index in [0.29, 0.717) is 21.3 Å². The lowest BCUT2D eigenvalue weighted by atomic mass is 9.99. The molecule has 0 saturated carbocycles. The molecule has 0 aromatic heterocycles. The van der Waals surface area contributed by atoms with E-state index in [1.165, 1.54) is 0 Å². The molecule has 24 heavy (non-hydrogen) atoms. The standard InChI is InChI=1S/C20H15Cl2NO/c1-13(24)15-9-5-10-16(15)19(14-7-3-2-4-8-14)23-20-17(21)11-6-12-18(20)22/h2-12,23H,1H3/b19-16-. The normalized spacial score (nSPS) is 15.2. The lowest BCUT2D eigenvalue weighted by molar-refractivity contribution is -0.113. The highest BCUT2D eigenvalue weighted by Gasteiger charge is 2.19. The summed E-state index contributed by atoms with van der Waals surface area (Å²) in [5, 5.41) is 4.37. The smallest absolute Gasteiger partial charge is 0.160 e. The number of allylic oxidation sites excluding steroid dienone is 5. The van der Waals surface area contributed by atoms with E-state index in [1.807, 2.05) is 48.6 Å². The zero-order valence-electron chi connectivity index (χ0n) is 13.0. The maximum atomic E-state index is 12.0. The van der Waals surface area contributed by atoms with Gasteiger partial charge in [0.25, 0.3) is 0 Å². The monoisotopic (exact) mass is 355 g/mol. The van der Waals surface area contributed by atoms with E-state index in [2.05, 4.69) is 5.32 Å². The van der Waals surface area contributed by atoms with Crippen molar-refractivity contribution < 1.29 is 4.79 Å². The summed E-state index contributed by atoms with van der Waals surface area (Å²) in [6.45, 7) is 1.56. The predicted octanol–water partition coefficient (Wildman–Crippen LogP) is 5.90. The quantitative estimate of drug-likeness (QED) is 0.739. The molecule has 1 aliphatic rings. The third kappa shape index (κ3) is 3.30. The van der Waals surface area contributed by atoms with Gasteiger partial charge < -0.3 is 5.32 Å². The molecule has 0 fully saturated rings. The first-order valence-electron chi connectivity index (χ1n) is 7.48. The minimum Gasteiger partial charge on any atom is -0.352 e. The number of ketones is 1. The van der Waals surface area contributed by atoms with E-state index in [4.69, 9.17) is 23.2 Å². The fourth-order valence-corrected chi connectivity index (χ4v) is 3.08. The van der Waals surface area contributed by atoms with Crippen LogP contribution in [-0.2, 0) is 4.79 Å². The van der Waals surface area contributed by atoms with E-state index in [-0.39, 0.29) is 5.78 Å². The molecular formula is C20H15Cl2NO. The van der Waals surface area contributed by atoms with Crippen molar-refractivity contribution in [3.05, 3.63) is 93.5 Å². The highest BCUT2D eigenvalue weighted by Crippen LogP contribution is 2.36. The van der Waals surface area contributed by atoms with Crippen molar-refractivity contribution >= 4 is 40.4 Å². The molecule has 0 heterocycles. The van der Waals surface area contributed by atoms with Gasteiger partial charge in [-0.2, -0.15) is 0 Å². The Bertz CT molecular complexity index is 860. The zero-order chi connectivity index (χ0) is 17.1.